The standard InChI is InChI=1S/C8H21NO2Si/c1-4-9-6-5-7-12-8(10-2)11-3/h8-9H,4-7,12H2,1-3H3. The maximum Gasteiger partial charge on any atom is 0.134 e. The number of nitrogens with one attached hydrogen (secondary N) is 1. The second kappa shape index (κ2) is 9.19. The van der Waals surface area contributed by atoms with E-state index in [1.165, 1.54) is 12.5 Å². The highest BCUT2D eigenvalue weighted by atomic mass is 28.2. The summed E-state index contributed by atoms with van der Waals surface area (Å²) < 4.78 is 10.3. The molecule has 0 saturated carbocycles. The molecule has 0 aromatic rings. The second-order valence-electron chi connectivity index (χ2n) is 2.75. The highest BCUT2D eigenvalue weighted by molar-refractivity contribution is 6.36. The van der Waals surface area contributed by atoms with E-state index in [-0.39, 0.29) is 15.4 Å². The molecule has 0 aliphatic rings. The summed E-state index contributed by atoms with van der Waals surface area (Å²) in [6.45, 7) is 4.33. The minimum absolute atomic E-state index is 0.117. The van der Waals surface area contributed by atoms with E-state index in [2.05, 4.69) is 12.2 Å². The zero-order chi connectivity index (χ0) is 9.23. The third-order valence-electron chi connectivity index (χ3n) is 1.82. The van der Waals surface area contributed by atoms with Crippen LogP contribution in [0, 0.1) is 0 Å². The summed E-state index contributed by atoms with van der Waals surface area (Å²) in [7, 11) is 3.24. The van der Waals surface area contributed by atoms with Crippen LogP contribution in [-0.2, 0) is 9.47 Å². The first-order chi connectivity index (χ1) is 5.85. The fraction of sp³-hybridized carbons (Fsp3) is 1.00. The van der Waals surface area contributed by atoms with Crippen LogP contribution in [0.15, 0.2) is 0 Å². The van der Waals surface area contributed by atoms with Gasteiger partial charge in [0.05, 0.1) is 9.52 Å². The molecule has 0 spiro atoms. The van der Waals surface area contributed by atoms with Crippen LogP contribution in [0.25, 0.3) is 0 Å². The summed E-state index contributed by atoms with van der Waals surface area (Å²) in [5.74, 6) is 0.117. The summed E-state index contributed by atoms with van der Waals surface area (Å²) in [5.41, 5.74) is 0. The van der Waals surface area contributed by atoms with E-state index in [1.807, 2.05) is 0 Å². The number of rotatable bonds is 8. The van der Waals surface area contributed by atoms with Gasteiger partial charge in [0.2, 0.25) is 0 Å². The van der Waals surface area contributed by atoms with Crippen LogP contribution in [0.2, 0.25) is 6.04 Å². The summed E-state index contributed by atoms with van der Waals surface area (Å²) in [6.07, 6.45) is 1.25. The summed E-state index contributed by atoms with van der Waals surface area (Å²) in [5, 5.41) is 3.30. The summed E-state index contributed by atoms with van der Waals surface area (Å²) in [4.78, 5) is 0. The first-order valence-electron chi connectivity index (χ1n) is 4.61. The van der Waals surface area contributed by atoms with Gasteiger partial charge in [0.25, 0.3) is 0 Å². The molecule has 0 rings (SSSR count). The van der Waals surface area contributed by atoms with Crippen molar-refractivity contribution in [3.05, 3.63) is 0 Å². The van der Waals surface area contributed by atoms with Gasteiger partial charge in [-0.05, 0) is 19.5 Å². The van der Waals surface area contributed by atoms with Gasteiger partial charge < -0.3 is 14.8 Å². The third-order valence-corrected chi connectivity index (χ3v) is 3.87. The molecule has 0 unspecified atom stereocenters. The number of hydrogen-bond acceptors (Lipinski definition) is 3. The van der Waals surface area contributed by atoms with E-state index in [1.54, 1.807) is 14.2 Å². The van der Waals surface area contributed by atoms with Gasteiger partial charge in [0, 0.05) is 14.2 Å². The lowest BCUT2D eigenvalue weighted by Gasteiger charge is -2.12. The van der Waals surface area contributed by atoms with Gasteiger partial charge in [0.15, 0.2) is 0 Å². The van der Waals surface area contributed by atoms with Crippen LogP contribution in [0.4, 0.5) is 0 Å². The van der Waals surface area contributed by atoms with Gasteiger partial charge in [-0.15, -0.1) is 0 Å². The normalized spacial score (nSPS) is 12.0. The Kier molecular flexibility index (Phi) is 9.26. The Morgan fingerprint density at radius 1 is 1.33 bits per heavy atom. The van der Waals surface area contributed by atoms with Crippen molar-refractivity contribution in [2.75, 3.05) is 27.3 Å². The second-order valence-corrected chi connectivity index (χ2v) is 4.70. The quantitative estimate of drug-likeness (QED) is 0.336. The predicted octanol–water partition coefficient (Wildman–Crippen LogP) is 0.149. The first kappa shape index (κ1) is 12.1. The molecule has 1 N–H and O–H groups in total. The molecule has 0 saturated heterocycles. The average Bonchev–Trinajstić information content (AvgIpc) is 2.11. The molecule has 0 amide bonds. The SMILES string of the molecule is CCNCCC[SiH2]C(OC)OC. The molecule has 0 radical (unpaired) electrons. The Hall–Kier alpha value is 0.0969. The van der Waals surface area contributed by atoms with Gasteiger partial charge in [-0.25, -0.2) is 0 Å². The van der Waals surface area contributed by atoms with Gasteiger partial charge in [-0.2, -0.15) is 0 Å². The van der Waals surface area contributed by atoms with E-state index >= 15 is 0 Å². The topological polar surface area (TPSA) is 30.5 Å². The van der Waals surface area contributed by atoms with Crippen molar-refractivity contribution in [1.82, 2.24) is 5.32 Å². The molecular weight excluding hydrogens is 170 g/mol. The van der Waals surface area contributed by atoms with Crippen molar-refractivity contribution < 1.29 is 9.47 Å². The van der Waals surface area contributed by atoms with Crippen LogP contribution in [0.5, 0.6) is 0 Å². The lowest BCUT2D eigenvalue weighted by atomic mass is 10.5. The van der Waals surface area contributed by atoms with Crippen molar-refractivity contribution >= 4 is 9.52 Å². The zero-order valence-corrected chi connectivity index (χ0v) is 9.84. The Morgan fingerprint density at radius 3 is 2.50 bits per heavy atom. The molecule has 0 atom stereocenters. The predicted molar refractivity (Wildman–Crippen MR) is 54.3 cm³/mol. The smallest absolute Gasteiger partial charge is 0.134 e. The number of hydrogen-bond donors (Lipinski definition) is 1. The summed E-state index contributed by atoms with van der Waals surface area (Å²) in [6, 6.07) is 1.29. The van der Waals surface area contributed by atoms with Crippen molar-refractivity contribution in [2.24, 2.45) is 0 Å². The molecule has 0 bridgehead atoms. The minimum atomic E-state index is -0.187. The Balaban J connectivity index is 3.06. The Morgan fingerprint density at radius 2 is 2.00 bits per heavy atom. The third kappa shape index (κ3) is 6.79. The lowest BCUT2D eigenvalue weighted by molar-refractivity contribution is -0.0441. The van der Waals surface area contributed by atoms with Gasteiger partial charge in [-0.3, -0.25) is 0 Å². The molecule has 0 aromatic carbocycles. The number of methoxy groups -OCH3 is 2. The summed E-state index contributed by atoms with van der Waals surface area (Å²) >= 11 is 0. The molecule has 0 aliphatic carbocycles. The van der Waals surface area contributed by atoms with Crippen molar-refractivity contribution in [1.29, 1.82) is 0 Å². The largest absolute Gasteiger partial charge is 0.360 e. The molecule has 12 heavy (non-hydrogen) atoms. The van der Waals surface area contributed by atoms with Gasteiger partial charge >= 0.3 is 0 Å². The maximum atomic E-state index is 5.13. The maximum absolute atomic E-state index is 5.13. The Labute approximate surface area is 77.6 Å². The van der Waals surface area contributed by atoms with Crippen LogP contribution in [0.1, 0.15) is 13.3 Å². The van der Waals surface area contributed by atoms with Crippen LogP contribution >= 0.6 is 0 Å². The minimum Gasteiger partial charge on any atom is -0.360 e. The molecule has 0 fully saturated rings. The molecular formula is C8H21NO2Si. The van der Waals surface area contributed by atoms with E-state index in [9.17, 15) is 0 Å². The van der Waals surface area contributed by atoms with Crippen molar-refractivity contribution in [3.8, 4) is 0 Å². The van der Waals surface area contributed by atoms with Crippen LogP contribution in [-0.4, -0.2) is 42.7 Å². The van der Waals surface area contributed by atoms with Crippen LogP contribution in [0.3, 0.4) is 0 Å². The van der Waals surface area contributed by atoms with Gasteiger partial charge in [0.1, 0.15) is 5.91 Å². The fourth-order valence-electron chi connectivity index (χ4n) is 1.07. The highest BCUT2D eigenvalue weighted by Gasteiger charge is 2.03. The van der Waals surface area contributed by atoms with Gasteiger partial charge in [-0.1, -0.05) is 13.0 Å². The van der Waals surface area contributed by atoms with E-state index in [4.69, 9.17) is 9.47 Å². The number of ether oxygens (including phenoxy) is 2. The highest BCUT2D eigenvalue weighted by Crippen LogP contribution is 1.94. The van der Waals surface area contributed by atoms with E-state index < -0.39 is 0 Å². The zero-order valence-electron chi connectivity index (χ0n) is 8.43. The van der Waals surface area contributed by atoms with Crippen molar-refractivity contribution in [2.45, 2.75) is 25.3 Å². The molecule has 74 valence electrons. The monoisotopic (exact) mass is 191 g/mol. The van der Waals surface area contributed by atoms with Crippen molar-refractivity contribution in [3.63, 3.8) is 0 Å². The molecule has 3 nitrogen and oxygen atoms in total. The van der Waals surface area contributed by atoms with Crippen LogP contribution < -0.4 is 5.32 Å². The Bertz CT molecular complexity index is 89.1. The average molecular weight is 191 g/mol. The van der Waals surface area contributed by atoms with E-state index in [0.717, 1.165) is 13.1 Å². The lowest BCUT2D eigenvalue weighted by Crippen LogP contribution is -2.22. The first-order valence-corrected chi connectivity index (χ1v) is 6.43. The molecule has 0 aromatic heterocycles. The molecule has 4 heteroatoms. The molecule has 0 heterocycles. The van der Waals surface area contributed by atoms with E-state index in [0.29, 0.717) is 0 Å². The fourth-order valence-corrected chi connectivity index (χ4v) is 2.41. The molecule has 0 aliphatic heterocycles.